The summed E-state index contributed by atoms with van der Waals surface area (Å²) in [6.07, 6.45) is 5.81. The Morgan fingerprint density at radius 2 is 2.15 bits per heavy atom. The number of halogens is 1. The molecule has 2 heterocycles. The van der Waals surface area contributed by atoms with E-state index >= 15 is 0 Å². The molecule has 5 nitrogen and oxygen atoms in total. The molecular formula is C20H23BrN4O. The molecule has 2 amide bonds. The van der Waals surface area contributed by atoms with E-state index in [1.54, 1.807) is 0 Å². The van der Waals surface area contributed by atoms with Crippen LogP contribution in [0, 0.1) is 6.92 Å². The van der Waals surface area contributed by atoms with Crippen LogP contribution in [0.2, 0.25) is 0 Å². The van der Waals surface area contributed by atoms with E-state index in [9.17, 15) is 4.79 Å². The number of fused-ring (bicyclic) bond motifs is 1. The van der Waals surface area contributed by atoms with Crippen LogP contribution in [0.4, 0.5) is 10.5 Å². The first-order valence-electron chi connectivity index (χ1n) is 8.82. The van der Waals surface area contributed by atoms with E-state index in [1.165, 1.54) is 5.56 Å². The van der Waals surface area contributed by atoms with Crippen molar-refractivity contribution < 1.29 is 4.79 Å². The maximum atomic E-state index is 12.1. The minimum Gasteiger partial charge on any atom is -0.338 e. The van der Waals surface area contributed by atoms with Crippen LogP contribution in [-0.2, 0) is 13.0 Å². The molecule has 0 atom stereocenters. The summed E-state index contributed by atoms with van der Waals surface area (Å²) in [6, 6.07) is 9.60. The van der Waals surface area contributed by atoms with Crippen molar-refractivity contribution in [1.82, 2.24) is 14.9 Å². The first-order chi connectivity index (χ1) is 12.6. The number of amides is 2. The first-order valence-corrected chi connectivity index (χ1v) is 9.61. The number of carbonyl (C=O) groups excluding carboxylic acids is 1. The molecule has 0 aliphatic rings. The fourth-order valence-corrected chi connectivity index (χ4v) is 3.26. The third-order valence-corrected chi connectivity index (χ3v) is 5.17. The zero-order valence-electron chi connectivity index (χ0n) is 15.1. The van der Waals surface area contributed by atoms with Gasteiger partial charge in [-0.1, -0.05) is 22.9 Å². The van der Waals surface area contributed by atoms with Gasteiger partial charge in [-0.15, -0.1) is 0 Å². The van der Waals surface area contributed by atoms with Crippen molar-refractivity contribution in [2.75, 3.05) is 11.9 Å². The average molecular weight is 415 g/mol. The zero-order valence-corrected chi connectivity index (χ0v) is 16.6. The van der Waals surface area contributed by atoms with E-state index in [0.29, 0.717) is 6.54 Å². The summed E-state index contributed by atoms with van der Waals surface area (Å²) in [6.45, 7) is 5.67. The number of pyridine rings is 1. The molecule has 3 rings (SSSR count). The molecule has 2 N–H and O–H groups in total. The molecule has 0 unspecified atom stereocenters. The lowest BCUT2D eigenvalue weighted by molar-refractivity contribution is 0.252. The Kier molecular flexibility index (Phi) is 5.93. The van der Waals surface area contributed by atoms with Gasteiger partial charge in [0.05, 0.1) is 0 Å². The highest BCUT2D eigenvalue weighted by Gasteiger charge is 2.09. The molecule has 0 saturated heterocycles. The van der Waals surface area contributed by atoms with Gasteiger partial charge in [-0.25, -0.2) is 9.78 Å². The first kappa shape index (κ1) is 18.5. The summed E-state index contributed by atoms with van der Waals surface area (Å²) < 4.78 is 3.22. The number of aromatic nitrogens is 2. The second kappa shape index (κ2) is 8.36. The number of aryl methyl sites for hydroxylation is 2. The van der Waals surface area contributed by atoms with Crippen molar-refractivity contribution in [2.45, 2.75) is 33.2 Å². The molecule has 2 aromatic heterocycles. The maximum Gasteiger partial charge on any atom is 0.319 e. The molecule has 0 bridgehead atoms. The van der Waals surface area contributed by atoms with Crippen molar-refractivity contribution >= 4 is 38.7 Å². The highest BCUT2D eigenvalue weighted by Crippen LogP contribution is 2.21. The Hall–Kier alpha value is -2.34. The number of rotatable bonds is 6. The highest BCUT2D eigenvalue weighted by molar-refractivity contribution is 9.10. The number of carbonyl (C=O) groups is 1. The second-order valence-corrected chi connectivity index (χ2v) is 7.17. The van der Waals surface area contributed by atoms with Crippen LogP contribution in [0.1, 0.15) is 24.5 Å². The van der Waals surface area contributed by atoms with Crippen molar-refractivity contribution in [2.24, 2.45) is 0 Å². The number of urea groups is 1. The van der Waals surface area contributed by atoms with Gasteiger partial charge in [0.15, 0.2) is 0 Å². The fraction of sp³-hybridized carbons (Fsp3) is 0.300. The van der Waals surface area contributed by atoms with E-state index in [2.05, 4.69) is 55.3 Å². The molecule has 6 heteroatoms. The van der Waals surface area contributed by atoms with E-state index in [-0.39, 0.29) is 6.03 Å². The Bertz CT molecular complexity index is 919. The largest absolute Gasteiger partial charge is 0.338 e. The van der Waals surface area contributed by atoms with Gasteiger partial charge in [-0.05, 0) is 61.2 Å². The summed E-state index contributed by atoms with van der Waals surface area (Å²) in [5.74, 6) is 0. The fourth-order valence-electron chi connectivity index (χ4n) is 3.01. The number of nitrogens with one attached hydrogen (secondary N) is 2. The van der Waals surface area contributed by atoms with Gasteiger partial charge >= 0.3 is 6.03 Å². The average Bonchev–Trinajstić information content (AvgIpc) is 2.97. The summed E-state index contributed by atoms with van der Waals surface area (Å²) in [5, 5.41) is 6.96. The minimum absolute atomic E-state index is 0.192. The van der Waals surface area contributed by atoms with Crippen LogP contribution in [0.15, 0.2) is 47.2 Å². The number of anilines is 1. The number of benzene rings is 1. The molecule has 136 valence electrons. The lowest BCUT2D eigenvalue weighted by Gasteiger charge is -2.08. The summed E-state index contributed by atoms with van der Waals surface area (Å²) in [7, 11) is 0. The molecular weight excluding hydrogens is 392 g/mol. The molecule has 0 aliphatic carbocycles. The van der Waals surface area contributed by atoms with Gasteiger partial charge < -0.3 is 15.2 Å². The molecule has 3 aromatic rings. The highest BCUT2D eigenvalue weighted by atomic mass is 79.9. The van der Waals surface area contributed by atoms with E-state index in [0.717, 1.165) is 46.1 Å². The van der Waals surface area contributed by atoms with Crippen molar-refractivity contribution in [3.8, 4) is 0 Å². The molecule has 0 aliphatic heterocycles. The third kappa shape index (κ3) is 4.25. The van der Waals surface area contributed by atoms with Crippen LogP contribution in [0.25, 0.3) is 11.0 Å². The summed E-state index contributed by atoms with van der Waals surface area (Å²) in [4.78, 5) is 16.6. The van der Waals surface area contributed by atoms with E-state index in [4.69, 9.17) is 0 Å². The summed E-state index contributed by atoms with van der Waals surface area (Å²) in [5.41, 5.74) is 4.09. The number of nitrogens with zero attached hydrogens (tertiary/aromatic N) is 2. The van der Waals surface area contributed by atoms with E-state index in [1.807, 2.05) is 37.4 Å². The minimum atomic E-state index is -0.192. The molecule has 0 radical (unpaired) electrons. The quantitative estimate of drug-likeness (QED) is 0.603. The Balaban J connectivity index is 1.60. The molecule has 0 spiro atoms. The van der Waals surface area contributed by atoms with Gasteiger partial charge in [0.2, 0.25) is 0 Å². The van der Waals surface area contributed by atoms with Crippen LogP contribution < -0.4 is 10.6 Å². The monoisotopic (exact) mass is 414 g/mol. The van der Waals surface area contributed by atoms with Crippen LogP contribution >= 0.6 is 15.9 Å². The van der Waals surface area contributed by atoms with Gasteiger partial charge in [0.25, 0.3) is 0 Å². The SMILES string of the molecule is CCCn1cc(CCNC(=O)Nc2ccc(Br)c(C)c2)c2cccnc21. The number of hydrogen-bond donors (Lipinski definition) is 2. The lowest BCUT2D eigenvalue weighted by atomic mass is 10.1. The molecule has 0 saturated carbocycles. The summed E-state index contributed by atoms with van der Waals surface area (Å²) >= 11 is 3.46. The topological polar surface area (TPSA) is 59.0 Å². The van der Waals surface area contributed by atoms with Crippen molar-refractivity contribution in [3.63, 3.8) is 0 Å². The molecule has 26 heavy (non-hydrogen) atoms. The van der Waals surface area contributed by atoms with Gasteiger partial charge in [-0.2, -0.15) is 0 Å². The van der Waals surface area contributed by atoms with Crippen molar-refractivity contribution in [3.05, 3.63) is 58.3 Å². The third-order valence-electron chi connectivity index (χ3n) is 4.28. The molecule has 1 aromatic carbocycles. The predicted molar refractivity (Wildman–Crippen MR) is 110 cm³/mol. The Morgan fingerprint density at radius 1 is 1.31 bits per heavy atom. The lowest BCUT2D eigenvalue weighted by Crippen LogP contribution is -2.30. The van der Waals surface area contributed by atoms with Crippen LogP contribution in [0.3, 0.4) is 0 Å². The van der Waals surface area contributed by atoms with Crippen LogP contribution in [-0.4, -0.2) is 22.1 Å². The van der Waals surface area contributed by atoms with Gasteiger partial charge in [0, 0.05) is 41.0 Å². The van der Waals surface area contributed by atoms with Crippen molar-refractivity contribution in [1.29, 1.82) is 0 Å². The Morgan fingerprint density at radius 3 is 2.92 bits per heavy atom. The van der Waals surface area contributed by atoms with E-state index < -0.39 is 0 Å². The zero-order chi connectivity index (χ0) is 18.5. The molecule has 0 fully saturated rings. The smallest absolute Gasteiger partial charge is 0.319 e. The Labute approximate surface area is 161 Å². The second-order valence-electron chi connectivity index (χ2n) is 6.32. The number of hydrogen-bond acceptors (Lipinski definition) is 2. The van der Waals surface area contributed by atoms with Gasteiger partial charge in [0.1, 0.15) is 5.65 Å². The van der Waals surface area contributed by atoms with Crippen LogP contribution in [0.5, 0.6) is 0 Å². The van der Waals surface area contributed by atoms with Gasteiger partial charge in [-0.3, -0.25) is 0 Å². The predicted octanol–water partition coefficient (Wildman–Crippen LogP) is 4.88. The standard InChI is InChI=1S/C20H23BrN4O/c1-3-11-25-13-15(17-5-4-9-22-19(17)25)8-10-23-20(26)24-16-6-7-18(21)14(2)12-16/h4-7,9,12-13H,3,8,10-11H2,1-2H3,(H2,23,24,26). The maximum absolute atomic E-state index is 12.1. The normalized spacial score (nSPS) is 10.9.